The molecule has 0 aliphatic heterocycles. The lowest BCUT2D eigenvalue weighted by Gasteiger charge is -2.14. The first-order chi connectivity index (χ1) is 25.3. The van der Waals surface area contributed by atoms with Crippen molar-refractivity contribution in [2.75, 3.05) is 0 Å². The lowest BCUT2D eigenvalue weighted by Crippen LogP contribution is -2.01. The van der Waals surface area contributed by atoms with Crippen LogP contribution in [0.4, 0.5) is 0 Å². The van der Waals surface area contributed by atoms with Crippen LogP contribution in [0, 0.1) is 0 Å². The number of para-hydroxylation sites is 2. The lowest BCUT2D eigenvalue weighted by atomic mass is 10.0. The van der Waals surface area contributed by atoms with Crippen molar-refractivity contribution in [2.45, 2.75) is 0 Å². The predicted octanol–water partition coefficient (Wildman–Crippen LogP) is 11.9. The Hall–Kier alpha value is -6.91. The van der Waals surface area contributed by atoms with Crippen molar-refractivity contribution in [3.05, 3.63) is 182 Å². The zero-order valence-corrected chi connectivity index (χ0v) is 27.6. The number of fused-ring (bicyclic) bond motifs is 5. The second kappa shape index (κ2) is 11.9. The summed E-state index contributed by atoms with van der Waals surface area (Å²) in [5.74, 6) is 1.91. The molecule has 10 aromatic rings. The van der Waals surface area contributed by atoms with E-state index < -0.39 is 0 Å². The summed E-state index contributed by atoms with van der Waals surface area (Å²) in [6.07, 6.45) is 0. The molecule has 51 heavy (non-hydrogen) atoms. The fourth-order valence-electron chi connectivity index (χ4n) is 7.42. The first kappa shape index (κ1) is 29.0. The van der Waals surface area contributed by atoms with Crippen LogP contribution in [0.3, 0.4) is 0 Å². The summed E-state index contributed by atoms with van der Waals surface area (Å²) in [5.41, 5.74) is 8.58. The average Bonchev–Trinajstić information content (AvgIpc) is 3.54. The second-order valence-corrected chi connectivity index (χ2v) is 12.9. The van der Waals surface area contributed by atoms with Crippen molar-refractivity contribution < 1.29 is 0 Å². The maximum absolute atomic E-state index is 5.21. The highest BCUT2D eigenvalue weighted by molar-refractivity contribution is 6.11. The van der Waals surface area contributed by atoms with Crippen molar-refractivity contribution in [1.82, 2.24) is 19.5 Å². The van der Waals surface area contributed by atoms with Crippen LogP contribution in [-0.4, -0.2) is 19.5 Å². The molecule has 0 amide bonds. The van der Waals surface area contributed by atoms with E-state index in [1.54, 1.807) is 0 Å². The van der Waals surface area contributed by atoms with E-state index in [0.29, 0.717) is 17.5 Å². The third-order valence-electron chi connectivity index (χ3n) is 9.83. The molecule has 0 fully saturated rings. The van der Waals surface area contributed by atoms with Gasteiger partial charge in [0, 0.05) is 32.8 Å². The molecule has 0 aliphatic carbocycles. The monoisotopic (exact) mass is 650 g/mol. The average molecular weight is 651 g/mol. The third-order valence-corrected chi connectivity index (χ3v) is 9.83. The van der Waals surface area contributed by atoms with Gasteiger partial charge in [0.2, 0.25) is 0 Å². The second-order valence-electron chi connectivity index (χ2n) is 12.9. The molecular weight excluding hydrogens is 621 g/mol. The van der Waals surface area contributed by atoms with E-state index in [0.717, 1.165) is 49.7 Å². The molecule has 0 N–H and O–H groups in total. The number of rotatable bonds is 5. The maximum atomic E-state index is 5.21. The van der Waals surface area contributed by atoms with Gasteiger partial charge in [-0.15, -0.1) is 0 Å². The van der Waals surface area contributed by atoms with Gasteiger partial charge in [0.15, 0.2) is 17.5 Å². The van der Waals surface area contributed by atoms with E-state index in [1.807, 2.05) is 6.07 Å². The number of benzene rings is 8. The van der Waals surface area contributed by atoms with E-state index in [2.05, 4.69) is 180 Å². The van der Waals surface area contributed by atoms with E-state index >= 15 is 0 Å². The van der Waals surface area contributed by atoms with Crippen LogP contribution in [0.1, 0.15) is 0 Å². The van der Waals surface area contributed by atoms with Gasteiger partial charge < -0.3 is 4.57 Å². The number of hydrogen-bond donors (Lipinski definition) is 0. The SMILES string of the molecule is c1ccc(-c2cccc(-c3nc(-c4ccc5ccccc5c4)nc(-c4cccc5c(-n6c7ccccc7c7ccccc76)cccc45)n3)c2)cc1. The maximum Gasteiger partial charge on any atom is 0.164 e. The van der Waals surface area contributed by atoms with Gasteiger partial charge in [-0.25, -0.2) is 15.0 Å². The summed E-state index contributed by atoms with van der Waals surface area (Å²) in [6, 6.07) is 63.9. The summed E-state index contributed by atoms with van der Waals surface area (Å²) in [7, 11) is 0. The largest absolute Gasteiger partial charge is 0.309 e. The van der Waals surface area contributed by atoms with Gasteiger partial charge in [-0.1, -0.05) is 152 Å². The number of nitrogens with zero attached hydrogens (tertiary/aromatic N) is 4. The minimum Gasteiger partial charge on any atom is -0.309 e. The van der Waals surface area contributed by atoms with Crippen LogP contribution < -0.4 is 0 Å². The molecule has 4 heteroatoms. The summed E-state index contributed by atoms with van der Waals surface area (Å²) < 4.78 is 2.38. The van der Waals surface area contributed by atoms with Crippen molar-refractivity contribution in [3.8, 4) is 51.0 Å². The normalized spacial score (nSPS) is 11.5. The zero-order valence-electron chi connectivity index (χ0n) is 27.6. The fourth-order valence-corrected chi connectivity index (χ4v) is 7.42. The minimum absolute atomic E-state index is 0.636. The Morgan fingerprint density at radius 2 is 0.863 bits per heavy atom. The van der Waals surface area contributed by atoms with Crippen LogP contribution >= 0.6 is 0 Å². The molecule has 238 valence electrons. The van der Waals surface area contributed by atoms with Crippen molar-refractivity contribution >= 4 is 43.4 Å². The minimum atomic E-state index is 0.636. The van der Waals surface area contributed by atoms with Crippen molar-refractivity contribution in [2.24, 2.45) is 0 Å². The highest BCUT2D eigenvalue weighted by Crippen LogP contribution is 2.37. The highest BCUT2D eigenvalue weighted by atomic mass is 15.0. The van der Waals surface area contributed by atoms with Gasteiger partial charge in [0.25, 0.3) is 0 Å². The Bertz CT molecular complexity index is 2870. The summed E-state index contributed by atoms with van der Waals surface area (Å²) >= 11 is 0. The molecule has 0 saturated heterocycles. The molecule has 4 nitrogen and oxygen atoms in total. The Balaban J connectivity index is 1.20. The standard InChI is InChI=1S/C47H30N4/c1-2-13-31(14-3-1)34-17-10-18-35(29-34)45-48-46(36-28-27-32-15-4-5-16-33(32)30-36)50-47(49-45)41-23-11-22-38-37(41)21-12-26-44(38)51-42-24-8-6-19-39(42)40-20-7-9-25-43(40)51/h1-30H. The first-order valence-electron chi connectivity index (χ1n) is 17.2. The van der Waals surface area contributed by atoms with E-state index in [-0.39, 0.29) is 0 Å². The molecule has 2 aromatic heterocycles. The molecular formula is C47H30N4. The van der Waals surface area contributed by atoms with Gasteiger partial charge in [0.1, 0.15) is 0 Å². The van der Waals surface area contributed by atoms with Gasteiger partial charge in [-0.05, 0) is 57.6 Å². The smallest absolute Gasteiger partial charge is 0.164 e. The number of hydrogen-bond acceptors (Lipinski definition) is 3. The van der Waals surface area contributed by atoms with E-state index in [9.17, 15) is 0 Å². The topological polar surface area (TPSA) is 43.6 Å². The highest BCUT2D eigenvalue weighted by Gasteiger charge is 2.18. The first-order valence-corrected chi connectivity index (χ1v) is 17.2. The molecule has 2 heterocycles. The van der Waals surface area contributed by atoms with Crippen LogP contribution in [0.15, 0.2) is 182 Å². The van der Waals surface area contributed by atoms with E-state index in [4.69, 9.17) is 15.0 Å². The summed E-state index contributed by atoms with van der Waals surface area (Å²) in [4.78, 5) is 15.5. The molecule has 0 unspecified atom stereocenters. The van der Waals surface area contributed by atoms with Crippen molar-refractivity contribution in [1.29, 1.82) is 0 Å². The van der Waals surface area contributed by atoms with Gasteiger partial charge >= 0.3 is 0 Å². The molecule has 8 aromatic carbocycles. The third kappa shape index (κ3) is 4.96. The predicted molar refractivity (Wildman–Crippen MR) is 211 cm³/mol. The zero-order chi connectivity index (χ0) is 33.7. The Labute approximate surface area is 295 Å². The summed E-state index contributed by atoms with van der Waals surface area (Å²) in [6.45, 7) is 0. The van der Waals surface area contributed by atoms with Gasteiger partial charge in [0.05, 0.1) is 16.7 Å². The van der Waals surface area contributed by atoms with Crippen LogP contribution in [0.5, 0.6) is 0 Å². The van der Waals surface area contributed by atoms with Crippen molar-refractivity contribution in [3.63, 3.8) is 0 Å². The lowest BCUT2D eigenvalue weighted by molar-refractivity contribution is 1.08. The molecule has 0 spiro atoms. The Morgan fingerprint density at radius 1 is 0.314 bits per heavy atom. The molecule has 0 saturated carbocycles. The molecule has 0 aliphatic rings. The van der Waals surface area contributed by atoms with Gasteiger partial charge in [-0.3, -0.25) is 0 Å². The van der Waals surface area contributed by atoms with Crippen LogP contribution in [-0.2, 0) is 0 Å². The Morgan fingerprint density at radius 3 is 1.65 bits per heavy atom. The number of aromatic nitrogens is 4. The molecule has 0 radical (unpaired) electrons. The van der Waals surface area contributed by atoms with Crippen LogP contribution in [0.25, 0.3) is 94.3 Å². The Kier molecular flexibility index (Phi) is 6.78. The summed E-state index contributed by atoms with van der Waals surface area (Å²) in [5, 5.41) is 7.00. The quantitative estimate of drug-likeness (QED) is 0.186. The molecule has 10 rings (SSSR count). The molecule has 0 bridgehead atoms. The van der Waals surface area contributed by atoms with E-state index in [1.165, 1.54) is 27.2 Å². The van der Waals surface area contributed by atoms with Gasteiger partial charge in [-0.2, -0.15) is 0 Å². The van der Waals surface area contributed by atoms with Crippen LogP contribution in [0.2, 0.25) is 0 Å². The fraction of sp³-hybridized carbons (Fsp3) is 0. The molecule has 0 atom stereocenters.